The Morgan fingerprint density at radius 3 is 2.57 bits per heavy atom. The van der Waals surface area contributed by atoms with Gasteiger partial charge in [0.15, 0.2) is 0 Å². The van der Waals surface area contributed by atoms with E-state index in [1.165, 1.54) is 45.2 Å². The van der Waals surface area contributed by atoms with E-state index in [0.717, 1.165) is 12.5 Å². The summed E-state index contributed by atoms with van der Waals surface area (Å²) in [4.78, 5) is 2.54. The number of nitrogens with zero attached hydrogens (tertiary/aromatic N) is 1. The molecular weight excluding hydrogens is 172 g/mol. The van der Waals surface area contributed by atoms with Crippen molar-refractivity contribution in [2.75, 3.05) is 19.6 Å². The number of likely N-dealkylation sites (tertiary alicyclic amines) is 1. The third-order valence-electron chi connectivity index (χ3n) is 3.30. The number of hydrogen-bond acceptors (Lipinski definition) is 2. The van der Waals surface area contributed by atoms with Crippen LogP contribution in [0.2, 0.25) is 0 Å². The molecule has 1 fully saturated rings. The van der Waals surface area contributed by atoms with Gasteiger partial charge in [0.25, 0.3) is 0 Å². The summed E-state index contributed by atoms with van der Waals surface area (Å²) in [6.07, 6.45) is 6.47. The van der Waals surface area contributed by atoms with Crippen LogP contribution >= 0.6 is 0 Å². The van der Waals surface area contributed by atoms with Crippen molar-refractivity contribution < 1.29 is 0 Å². The second kappa shape index (κ2) is 6.41. The summed E-state index contributed by atoms with van der Waals surface area (Å²) in [5.74, 6) is 0.929. The van der Waals surface area contributed by atoms with Gasteiger partial charge in [-0.05, 0) is 38.3 Å². The second-order valence-corrected chi connectivity index (χ2v) is 4.89. The molecule has 1 atom stereocenters. The van der Waals surface area contributed by atoms with E-state index in [2.05, 4.69) is 18.7 Å². The zero-order valence-corrected chi connectivity index (χ0v) is 9.84. The molecule has 1 unspecified atom stereocenters. The second-order valence-electron chi connectivity index (χ2n) is 4.89. The summed E-state index contributed by atoms with van der Waals surface area (Å²) in [7, 11) is 0. The smallest absolute Gasteiger partial charge is 0.0167 e. The monoisotopic (exact) mass is 198 g/mol. The first-order valence-corrected chi connectivity index (χ1v) is 6.20. The molecule has 2 N–H and O–H groups in total. The lowest BCUT2D eigenvalue weighted by atomic mass is 9.98. The van der Waals surface area contributed by atoms with Crippen molar-refractivity contribution in [2.45, 2.75) is 52.0 Å². The van der Waals surface area contributed by atoms with Crippen LogP contribution in [0.3, 0.4) is 0 Å². The Hall–Kier alpha value is -0.0800. The van der Waals surface area contributed by atoms with Gasteiger partial charge in [0.1, 0.15) is 0 Å². The maximum atomic E-state index is 6.08. The van der Waals surface area contributed by atoms with Gasteiger partial charge in [-0.2, -0.15) is 0 Å². The van der Waals surface area contributed by atoms with Crippen LogP contribution in [0, 0.1) is 5.92 Å². The minimum atomic E-state index is 0.406. The van der Waals surface area contributed by atoms with Crippen LogP contribution in [0.4, 0.5) is 0 Å². The van der Waals surface area contributed by atoms with Crippen molar-refractivity contribution in [3.8, 4) is 0 Å². The molecular formula is C12H26N2. The summed E-state index contributed by atoms with van der Waals surface area (Å²) >= 11 is 0. The molecule has 0 spiro atoms. The molecule has 2 heteroatoms. The summed E-state index contributed by atoms with van der Waals surface area (Å²) in [5, 5.41) is 0. The van der Waals surface area contributed by atoms with Gasteiger partial charge in [-0.25, -0.2) is 0 Å². The Morgan fingerprint density at radius 2 is 2.00 bits per heavy atom. The predicted octanol–water partition coefficient (Wildman–Crippen LogP) is 2.24. The molecule has 2 nitrogen and oxygen atoms in total. The van der Waals surface area contributed by atoms with Crippen LogP contribution < -0.4 is 5.73 Å². The molecule has 0 radical (unpaired) electrons. The quantitative estimate of drug-likeness (QED) is 0.734. The molecule has 0 aromatic carbocycles. The third-order valence-corrected chi connectivity index (χ3v) is 3.30. The van der Waals surface area contributed by atoms with Gasteiger partial charge in [0, 0.05) is 12.6 Å². The molecule has 1 aliphatic rings. The van der Waals surface area contributed by atoms with Crippen molar-refractivity contribution in [3.05, 3.63) is 0 Å². The minimum absolute atomic E-state index is 0.406. The summed E-state index contributed by atoms with van der Waals surface area (Å²) in [6.45, 7) is 8.23. The Morgan fingerprint density at radius 1 is 1.36 bits per heavy atom. The van der Waals surface area contributed by atoms with E-state index in [4.69, 9.17) is 5.73 Å². The molecule has 1 heterocycles. The maximum Gasteiger partial charge on any atom is 0.0167 e. The fraction of sp³-hybridized carbons (Fsp3) is 1.00. The minimum Gasteiger partial charge on any atom is -0.327 e. The highest BCUT2D eigenvalue weighted by atomic mass is 15.1. The fourth-order valence-corrected chi connectivity index (χ4v) is 2.13. The fourth-order valence-electron chi connectivity index (χ4n) is 2.13. The lowest BCUT2D eigenvalue weighted by Gasteiger charge is -2.32. The van der Waals surface area contributed by atoms with Crippen molar-refractivity contribution in [1.82, 2.24) is 4.90 Å². The summed E-state index contributed by atoms with van der Waals surface area (Å²) in [5.41, 5.74) is 6.08. The molecule has 0 amide bonds. The zero-order valence-electron chi connectivity index (χ0n) is 9.84. The van der Waals surface area contributed by atoms with Gasteiger partial charge >= 0.3 is 0 Å². The average molecular weight is 198 g/mol. The van der Waals surface area contributed by atoms with Crippen molar-refractivity contribution >= 4 is 0 Å². The van der Waals surface area contributed by atoms with Gasteiger partial charge in [-0.15, -0.1) is 0 Å². The zero-order chi connectivity index (χ0) is 10.4. The van der Waals surface area contributed by atoms with Crippen molar-refractivity contribution in [3.63, 3.8) is 0 Å². The number of rotatable bonds is 5. The number of unbranched alkanes of at least 4 members (excludes halogenated alkanes) is 1. The maximum absolute atomic E-state index is 6.08. The number of piperidine rings is 1. The first kappa shape index (κ1) is 12.0. The van der Waals surface area contributed by atoms with Crippen LogP contribution in [0.5, 0.6) is 0 Å². The normalized spacial score (nSPS) is 22.5. The topological polar surface area (TPSA) is 29.3 Å². The highest BCUT2D eigenvalue weighted by Gasteiger charge is 2.17. The van der Waals surface area contributed by atoms with Gasteiger partial charge in [-0.3, -0.25) is 0 Å². The molecule has 0 saturated carbocycles. The summed E-state index contributed by atoms with van der Waals surface area (Å²) < 4.78 is 0. The Bertz CT molecular complexity index is 139. The molecule has 0 bridgehead atoms. The van der Waals surface area contributed by atoms with Crippen molar-refractivity contribution in [2.24, 2.45) is 11.7 Å². The van der Waals surface area contributed by atoms with Crippen LogP contribution in [-0.4, -0.2) is 30.6 Å². The SMILES string of the molecule is CCCCC(N)CN1CCC(C)CC1. The van der Waals surface area contributed by atoms with Gasteiger partial charge in [0.2, 0.25) is 0 Å². The first-order valence-electron chi connectivity index (χ1n) is 6.20. The predicted molar refractivity (Wildman–Crippen MR) is 62.3 cm³/mol. The largest absolute Gasteiger partial charge is 0.327 e. The average Bonchev–Trinajstić information content (AvgIpc) is 2.18. The molecule has 14 heavy (non-hydrogen) atoms. The third kappa shape index (κ3) is 4.43. The number of hydrogen-bond donors (Lipinski definition) is 1. The van der Waals surface area contributed by atoms with Gasteiger partial charge < -0.3 is 10.6 Å². The molecule has 0 aliphatic carbocycles. The van der Waals surface area contributed by atoms with E-state index >= 15 is 0 Å². The number of nitrogens with two attached hydrogens (primary N) is 1. The molecule has 1 saturated heterocycles. The van der Waals surface area contributed by atoms with E-state index < -0.39 is 0 Å². The van der Waals surface area contributed by atoms with E-state index in [0.29, 0.717) is 6.04 Å². The van der Waals surface area contributed by atoms with E-state index in [-0.39, 0.29) is 0 Å². The Labute approximate surface area is 88.8 Å². The lowest BCUT2D eigenvalue weighted by molar-refractivity contribution is 0.180. The van der Waals surface area contributed by atoms with Crippen LogP contribution in [0.15, 0.2) is 0 Å². The van der Waals surface area contributed by atoms with E-state index in [1.807, 2.05) is 0 Å². The summed E-state index contributed by atoms with van der Waals surface area (Å²) in [6, 6.07) is 0.406. The Kier molecular flexibility index (Phi) is 5.49. The molecule has 84 valence electrons. The van der Waals surface area contributed by atoms with Gasteiger partial charge in [-0.1, -0.05) is 26.7 Å². The van der Waals surface area contributed by atoms with Crippen molar-refractivity contribution in [1.29, 1.82) is 0 Å². The highest BCUT2D eigenvalue weighted by molar-refractivity contribution is 4.73. The van der Waals surface area contributed by atoms with Gasteiger partial charge in [0.05, 0.1) is 0 Å². The van der Waals surface area contributed by atoms with E-state index in [1.54, 1.807) is 0 Å². The Balaban J connectivity index is 2.10. The molecule has 1 rings (SSSR count). The standard InChI is InChI=1S/C12H26N2/c1-3-4-5-12(13)10-14-8-6-11(2)7-9-14/h11-12H,3-10,13H2,1-2H3. The highest BCUT2D eigenvalue weighted by Crippen LogP contribution is 2.16. The van der Waals surface area contributed by atoms with E-state index in [9.17, 15) is 0 Å². The first-order chi connectivity index (χ1) is 6.72. The molecule has 0 aromatic rings. The molecule has 1 aliphatic heterocycles. The molecule has 0 aromatic heterocycles. The van der Waals surface area contributed by atoms with Crippen LogP contribution in [0.25, 0.3) is 0 Å². The van der Waals surface area contributed by atoms with Crippen LogP contribution in [-0.2, 0) is 0 Å². The van der Waals surface area contributed by atoms with Crippen LogP contribution in [0.1, 0.15) is 46.0 Å². The lowest BCUT2D eigenvalue weighted by Crippen LogP contribution is -2.41.